The van der Waals surface area contributed by atoms with Crippen molar-refractivity contribution in [1.29, 1.82) is 0 Å². The smallest absolute Gasteiger partial charge is 0.226 e. The molecule has 6 aromatic rings. The number of carbonyl (C=O) groups excluding carboxylic acids is 1. The highest BCUT2D eigenvalue weighted by Crippen LogP contribution is 2.34. The Balaban J connectivity index is 1.41. The molecular weight excluding hydrogens is 470 g/mol. The van der Waals surface area contributed by atoms with Gasteiger partial charge < -0.3 is 10.3 Å². The minimum absolute atomic E-state index is 0.0588. The van der Waals surface area contributed by atoms with Crippen molar-refractivity contribution in [2.45, 2.75) is 20.8 Å². The number of imidazole rings is 1. The summed E-state index contributed by atoms with van der Waals surface area (Å²) in [5, 5.41) is 10.5. The number of aromatic amines is 2. The van der Waals surface area contributed by atoms with Crippen LogP contribution in [-0.4, -0.2) is 36.0 Å². The molecule has 0 bridgehead atoms. The number of H-pyrrole nitrogens is 2. The van der Waals surface area contributed by atoms with Gasteiger partial charge in [0.15, 0.2) is 11.5 Å². The third kappa shape index (κ3) is 3.93. The fourth-order valence-electron chi connectivity index (χ4n) is 4.08. The molecule has 6 rings (SSSR count). The van der Waals surface area contributed by atoms with Gasteiger partial charge in [0.2, 0.25) is 5.91 Å². The third-order valence-corrected chi connectivity index (χ3v) is 7.01. The number of hydrogen-bond acceptors (Lipinski definition) is 6. The normalized spacial score (nSPS) is 11.6. The minimum atomic E-state index is -0.121. The van der Waals surface area contributed by atoms with Gasteiger partial charge in [-0.15, -0.1) is 11.3 Å². The zero-order valence-electron chi connectivity index (χ0n) is 20.0. The second-order valence-corrected chi connectivity index (χ2v) is 10.3. The topological polar surface area (TPSA) is 112 Å². The molecule has 8 nitrogen and oxygen atoms in total. The first-order valence-corrected chi connectivity index (χ1v) is 12.5. The van der Waals surface area contributed by atoms with Crippen molar-refractivity contribution in [2.24, 2.45) is 5.92 Å². The van der Waals surface area contributed by atoms with Crippen LogP contribution < -0.4 is 5.32 Å². The fraction of sp³-hybridized carbons (Fsp3) is 0.148. The second-order valence-electron chi connectivity index (χ2n) is 8.97. The number of hydrogen-bond donors (Lipinski definition) is 3. The molecule has 3 N–H and O–H groups in total. The van der Waals surface area contributed by atoms with Gasteiger partial charge in [-0.2, -0.15) is 5.10 Å². The summed E-state index contributed by atoms with van der Waals surface area (Å²) in [5.41, 5.74) is 7.25. The summed E-state index contributed by atoms with van der Waals surface area (Å²) in [5.74, 6) is 0.471. The molecule has 36 heavy (non-hydrogen) atoms. The summed E-state index contributed by atoms with van der Waals surface area (Å²) in [6.45, 7) is 5.81. The standard InChI is InChI=1S/C27H23N7OS/c1-14(2)27(35)29-17-11-16(12-28-13-17)19-8-9-21-24(30-19)25(34-33-21)26-31-20-6-4-5-18(23(20)32-26)22-10-7-15(3)36-22/h4-14H,1-3H3,(H,29,35)(H,31,32)(H,33,34). The number of thiophene rings is 1. The van der Waals surface area contributed by atoms with Crippen molar-refractivity contribution >= 4 is 45.0 Å². The van der Waals surface area contributed by atoms with Crippen LogP contribution in [0.25, 0.3) is 55.3 Å². The molecular formula is C27H23N7OS. The molecule has 0 atom stereocenters. The fourth-order valence-corrected chi connectivity index (χ4v) is 4.98. The third-order valence-electron chi connectivity index (χ3n) is 5.98. The average Bonchev–Trinajstić information content (AvgIpc) is 3.61. The summed E-state index contributed by atoms with van der Waals surface area (Å²) in [6.07, 6.45) is 3.36. The number of para-hydroxylation sites is 1. The first-order chi connectivity index (χ1) is 17.5. The Bertz CT molecular complexity index is 1740. The number of amides is 1. The average molecular weight is 494 g/mol. The molecule has 0 saturated heterocycles. The predicted molar refractivity (Wildman–Crippen MR) is 144 cm³/mol. The van der Waals surface area contributed by atoms with E-state index >= 15 is 0 Å². The van der Waals surface area contributed by atoms with Gasteiger partial charge in [-0.25, -0.2) is 9.97 Å². The van der Waals surface area contributed by atoms with Crippen molar-refractivity contribution in [1.82, 2.24) is 30.1 Å². The number of anilines is 1. The molecule has 0 aliphatic heterocycles. The lowest BCUT2D eigenvalue weighted by atomic mass is 10.1. The van der Waals surface area contributed by atoms with E-state index in [0.29, 0.717) is 22.7 Å². The summed E-state index contributed by atoms with van der Waals surface area (Å²) in [4.78, 5) is 32.1. The monoisotopic (exact) mass is 493 g/mol. The van der Waals surface area contributed by atoms with Crippen LogP contribution in [0.1, 0.15) is 18.7 Å². The van der Waals surface area contributed by atoms with E-state index in [2.05, 4.69) is 50.6 Å². The quantitative estimate of drug-likeness (QED) is 0.265. The molecule has 0 aliphatic carbocycles. The maximum absolute atomic E-state index is 12.1. The van der Waals surface area contributed by atoms with Crippen molar-refractivity contribution in [3.05, 3.63) is 65.8 Å². The van der Waals surface area contributed by atoms with Crippen LogP contribution >= 0.6 is 11.3 Å². The Labute approximate surface area is 210 Å². The van der Waals surface area contributed by atoms with Crippen LogP contribution in [0.5, 0.6) is 0 Å². The first-order valence-electron chi connectivity index (χ1n) is 11.6. The number of carbonyl (C=O) groups is 1. The number of nitrogens with zero attached hydrogens (tertiary/aromatic N) is 4. The highest BCUT2D eigenvalue weighted by molar-refractivity contribution is 7.15. The van der Waals surface area contributed by atoms with Gasteiger partial charge in [-0.05, 0) is 43.3 Å². The summed E-state index contributed by atoms with van der Waals surface area (Å²) in [6, 6.07) is 16.1. The van der Waals surface area contributed by atoms with E-state index in [9.17, 15) is 4.79 Å². The van der Waals surface area contributed by atoms with Gasteiger partial charge >= 0.3 is 0 Å². The number of rotatable bonds is 5. The molecule has 178 valence electrons. The van der Waals surface area contributed by atoms with Gasteiger partial charge in [-0.1, -0.05) is 26.0 Å². The van der Waals surface area contributed by atoms with Crippen LogP contribution in [0, 0.1) is 12.8 Å². The Morgan fingerprint density at radius 3 is 2.69 bits per heavy atom. The van der Waals surface area contributed by atoms with Gasteiger partial charge in [0, 0.05) is 33.0 Å². The number of aromatic nitrogens is 6. The van der Waals surface area contributed by atoms with Crippen LogP contribution in [-0.2, 0) is 4.79 Å². The van der Waals surface area contributed by atoms with Crippen LogP contribution in [0.2, 0.25) is 0 Å². The Kier molecular flexibility index (Phi) is 5.34. The molecule has 5 aromatic heterocycles. The zero-order chi connectivity index (χ0) is 24.8. The van der Waals surface area contributed by atoms with Gasteiger partial charge in [-0.3, -0.25) is 14.9 Å². The Hall–Kier alpha value is -4.37. The molecule has 9 heteroatoms. The van der Waals surface area contributed by atoms with Gasteiger partial charge in [0.25, 0.3) is 0 Å². The first kappa shape index (κ1) is 22.1. The molecule has 0 spiro atoms. The molecule has 0 unspecified atom stereocenters. The summed E-state index contributed by atoms with van der Waals surface area (Å²) < 4.78 is 0. The molecule has 5 heterocycles. The van der Waals surface area contributed by atoms with Crippen LogP contribution in [0.3, 0.4) is 0 Å². The maximum Gasteiger partial charge on any atom is 0.226 e. The van der Waals surface area contributed by atoms with Crippen molar-refractivity contribution in [3.8, 4) is 33.2 Å². The lowest BCUT2D eigenvalue weighted by molar-refractivity contribution is -0.118. The lowest BCUT2D eigenvalue weighted by Gasteiger charge is -2.08. The van der Waals surface area contributed by atoms with E-state index in [4.69, 9.17) is 9.97 Å². The predicted octanol–water partition coefficient (Wildman–Crippen LogP) is 6.19. The Morgan fingerprint density at radius 2 is 1.89 bits per heavy atom. The highest BCUT2D eigenvalue weighted by atomic mass is 32.1. The van der Waals surface area contributed by atoms with Gasteiger partial charge in [0.05, 0.1) is 34.1 Å². The molecule has 0 radical (unpaired) electrons. The van der Waals surface area contributed by atoms with E-state index in [0.717, 1.165) is 33.4 Å². The number of pyridine rings is 2. The molecule has 0 aliphatic rings. The SMILES string of the molecule is Cc1ccc(-c2cccc3[nH]c(-c4n[nH]c5ccc(-c6cncc(NC(=O)C(C)C)c6)nc45)nc23)s1. The number of nitrogens with one attached hydrogen (secondary N) is 3. The molecule has 1 amide bonds. The number of fused-ring (bicyclic) bond motifs is 2. The van der Waals surface area contributed by atoms with E-state index < -0.39 is 0 Å². The molecule has 0 saturated carbocycles. The number of benzene rings is 1. The summed E-state index contributed by atoms with van der Waals surface area (Å²) >= 11 is 1.75. The van der Waals surface area contributed by atoms with Gasteiger partial charge in [0.1, 0.15) is 5.52 Å². The van der Waals surface area contributed by atoms with E-state index in [-0.39, 0.29) is 11.8 Å². The minimum Gasteiger partial charge on any atom is -0.336 e. The lowest BCUT2D eigenvalue weighted by Crippen LogP contribution is -2.17. The molecule has 1 aromatic carbocycles. The zero-order valence-corrected chi connectivity index (χ0v) is 20.8. The van der Waals surface area contributed by atoms with Crippen LogP contribution in [0.15, 0.2) is 60.9 Å². The maximum atomic E-state index is 12.1. The van der Waals surface area contributed by atoms with E-state index in [1.807, 2.05) is 44.2 Å². The van der Waals surface area contributed by atoms with Crippen molar-refractivity contribution < 1.29 is 4.79 Å². The highest BCUT2D eigenvalue weighted by Gasteiger charge is 2.17. The second kappa shape index (κ2) is 8.69. The summed E-state index contributed by atoms with van der Waals surface area (Å²) in [7, 11) is 0. The van der Waals surface area contributed by atoms with Crippen LogP contribution in [0.4, 0.5) is 5.69 Å². The van der Waals surface area contributed by atoms with Crippen molar-refractivity contribution in [3.63, 3.8) is 0 Å². The number of aryl methyl sites for hydroxylation is 1. The van der Waals surface area contributed by atoms with E-state index in [1.54, 1.807) is 23.7 Å². The largest absolute Gasteiger partial charge is 0.336 e. The Morgan fingerprint density at radius 1 is 1.00 bits per heavy atom. The molecule has 0 fully saturated rings. The van der Waals surface area contributed by atoms with Crippen molar-refractivity contribution in [2.75, 3.05) is 5.32 Å². The van der Waals surface area contributed by atoms with E-state index in [1.165, 1.54) is 9.75 Å².